The predicted octanol–water partition coefficient (Wildman–Crippen LogP) is 5.16. The van der Waals surface area contributed by atoms with Crippen LogP contribution in [0, 0.1) is 19.7 Å². The quantitative estimate of drug-likeness (QED) is 0.320. The van der Waals surface area contributed by atoms with Crippen molar-refractivity contribution in [3.05, 3.63) is 99.2 Å². The number of halogens is 3. The number of nitrogens with one attached hydrogen (secondary N) is 2. The summed E-state index contributed by atoms with van der Waals surface area (Å²) in [6, 6.07) is 11.3. The van der Waals surface area contributed by atoms with Gasteiger partial charge in [-0.25, -0.2) is 24.0 Å². The average Bonchev–Trinajstić information content (AvgIpc) is 3.43. The highest BCUT2D eigenvalue weighted by molar-refractivity contribution is 6.40. The van der Waals surface area contributed by atoms with Gasteiger partial charge < -0.3 is 10.3 Å². The SMILES string of the molecule is Cc1ncn(-c2cc(Cl)c(C(=O)NCC(c3cccc(F)c3)c3cnc4nc(C)[nH]c4c3)c(Cl)c2)n1. The molecule has 0 spiro atoms. The molecule has 0 saturated heterocycles. The van der Waals surface area contributed by atoms with Crippen LogP contribution in [-0.4, -0.2) is 42.2 Å². The lowest BCUT2D eigenvalue weighted by Gasteiger charge is -2.19. The maximum atomic E-state index is 14.1. The Morgan fingerprint density at radius 2 is 1.89 bits per heavy atom. The van der Waals surface area contributed by atoms with Crippen molar-refractivity contribution in [2.45, 2.75) is 19.8 Å². The smallest absolute Gasteiger partial charge is 0.254 e. The summed E-state index contributed by atoms with van der Waals surface area (Å²) in [6.07, 6.45) is 3.21. The first-order chi connectivity index (χ1) is 17.3. The highest BCUT2D eigenvalue weighted by Crippen LogP contribution is 2.30. The standard InChI is InChI=1S/C25H20Cl2FN7O/c1-13-31-12-35(34-13)18-8-20(26)23(21(27)9-18)25(36)30-11-19(15-4-3-5-17(28)6-15)16-7-22-24(29-10-16)33-14(2)32-22/h3-10,12,19H,11H2,1-2H3,(H,30,36)(H,29,32,33). The zero-order chi connectivity index (χ0) is 25.4. The third-order valence-corrected chi connectivity index (χ3v) is 6.32. The molecule has 11 heteroatoms. The summed E-state index contributed by atoms with van der Waals surface area (Å²) in [6.45, 7) is 3.75. The van der Waals surface area contributed by atoms with Crippen LogP contribution >= 0.6 is 23.2 Å². The lowest BCUT2D eigenvalue weighted by molar-refractivity contribution is 0.0952. The Balaban J connectivity index is 1.44. The first kappa shape index (κ1) is 23.9. The summed E-state index contributed by atoms with van der Waals surface area (Å²) in [7, 11) is 0. The molecule has 0 aliphatic heterocycles. The molecule has 182 valence electrons. The number of benzene rings is 2. The van der Waals surface area contributed by atoms with Crippen LogP contribution in [0.4, 0.5) is 4.39 Å². The Bertz CT molecular complexity index is 1570. The summed E-state index contributed by atoms with van der Waals surface area (Å²) in [5.74, 6) is 0.101. The van der Waals surface area contributed by atoms with Crippen LogP contribution < -0.4 is 5.32 Å². The molecule has 0 radical (unpaired) electrons. The van der Waals surface area contributed by atoms with E-state index in [1.54, 1.807) is 37.4 Å². The maximum Gasteiger partial charge on any atom is 0.254 e. The van der Waals surface area contributed by atoms with Gasteiger partial charge in [0.15, 0.2) is 5.65 Å². The number of hydrogen-bond acceptors (Lipinski definition) is 5. The van der Waals surface area contributed by atoms with Crippen LogP contribution in [0.25, 0.3) is 16.9 Å². The molecular formula is C25H20Cl2FN7O. The number of rotatable bonds is 6. The molecule has 0 bridgehead atoms. The van der Waals surface area contributed by atoms with Gasteiger partial charge in [0, 0.05) is 18.7 Å². The molecule has 2 N–H and O–H groups in total. The van der Waals surface area contributed by atoms with Gasteiger partial charge in [0.1, 0.15) is 23.8 Å². The number of aromatic amines is 1. The fourth-order valence-corrected chi connectivity index (χ4v) is 4.69. The Hall–Kier alpha value is -3.82. The summed E-state index contributed by atoms with van der Waals surface area (Å²) in [4.78, 5) is 29.2. The van der Waals surface area contributed by atoms with Crippen LogP contribution in [0.5, 0.6) is 0 Å². The molecule has 0 aliphatic carbocycles. The van der Waals surface area contributed by atoms with E-state index in [0.717, 1.165) is 16.9 Å². The Morgan fingerprint density at radius 3 is 2.58 bits per heavy atom. The number of hydrogen-bond donors (Lipinski definition) is 2. The van der Waals surface area contributed by atoms with E-state index >= 15 is 0 Å². The number of pyridine rings is 1. The molecule has 8 nitrogen and oxygen atoms in total. The van der Waals surface area contributed by atoms with Crippen molar-refractivity contribution in [1.82, 2.24) is 35.0 Å². The van der Waals surface area contributed by atoms with Gasteiger partial charge in [0.05, 0.1) is 26.8 Å². The van der Waals surface area contributed by atoms with Crippen molar-refractivity contribution in [1.29, 1.82) is 0 Å². The molecule has 0 saturated carbocycles. The number of aryl methyl sites for hydroxylation is 2. The van der Waals surface area contributed by atoms with Crippen molar-refractivity contribution in [2.24, 2.45) is 0 Å². The molecule has 0 aliphatic rings. The first-order valence-electron chi connectivity index (χ1n) is 11.0. The second-order valence-corrected chi connectivity index (χ2v) is 9.11. The fourth-order valence-electron chi connectivity index (χ4n) is 4.04. The molecule has 1 amide bonds. The summed E-state index contributed by atoms with van der Waals surface area (Å²) in [5.41, 5.74) is 3.51. The van der Waals surface area contributed by atoms with E-state index in [2.05, 4.69) is 30.4 Å². The zero-order valence-electron chi connectivity index (χ0n) is 19.3. The number of imidazole rings is 1. The minimum absolute atomic E-state index is 0.134. The fraction of sp³-hybridized carbons (Fsp3) is 0.160. The number of carbonyl (C=O) groups is 1. The van der Waals surface area contributed by atoms with Crippen molar-refractivity contribution in [2.75, 3.05) is 6.54 Å². The first-order valence-corrected chi connectivity index (χ1v) is 11.8. The maximum absolute atomic E-state index is 14.1. The zero-order valence-corrected chi connectivity index (χ0v) is 20.8. The normalized spacial score (nSPS) is 12.1. The average molecular weight is 524 g/mol. The van der Waals surface area contributed by atoms with Crippen molar-refractivity contribution in [3.63, 3.8) is 0 Å². The van der Waals surface area contributed by atoms with Crippen LogP contribution in [0.1, 0.15) is 39.1 Å². The van der Waals surface area contributed by atoms with Crippen LogP contribution in [-0.2, 0) is 0 Å². The second-order valence-electron chi connectivity index (χ2n) is 8.30. The van der Waals surface area contributed by atoms with E-state index in [1.165, 1.54) is 23.1 Å². The van der Waals surface area contributed by atoms with E-state index in [4.69, 9.17) is 23.2 Å². The number of carbonyl (C=O) groups excluding carboxylic acids is 1. The molecule has 36 heavy (non-hydrogen) atoms. The largest absolute Gasteiger partial charge is 0.351 e. The summed E-state index contributed by atoms with van der Waals surface area (Å²) >= 11 is 12.9. The van der Waals surface area contributed by atoms with Crippen molar-refractivity contribution in [3.8, 4) is 5.69 Å². The number of H-pyrrole nitrogens is 1. The molecular weight excluding hydrogens is 504 g/mol. The van der Waals surface area contributed by atoms with Crippen molar-refractivity contribution < 1.29 is 9.18 Å². The second kappa shape index (κ2) is 9.67. The number of aromatic nitrogens is 6. The molecule has 3 heterocycles. The highest BCUT2D eigenvalue weighted by Gasteiger charge is 2.21. The Labute approximate surface area is 215 Å². The van der Waals surface area contributed by atoms with Crippen molar-refractivity contribution >= 4 is 40.3 Å². The molecule has 5 rings (SSSR count). The third kappa shape index (κ3) is 4.80. The number of nitrogens with zero attached hydrogens (tertiary/aromatic N) is 5. The van der Waals surface area contributed by atoms with Gasteiger partial charge in [-0.2, -0.15) is 5.10 Å². The van der Waals surface area contributed by atoms with Gasteiger partial charge in [-0.15, -0.1) is 0 Å². The molecule has 1 atom stereocenters. The van der Waals surface area contributed by atoms with Gasteiger partial charge in [0.25, 0.3) is 5.91 Å². The van der Waals surface area contributed by atoms with E-state index in [9.17, 15) is 9.18 Å². The molecule has 2 aromatic carbocycles. The predicted molar refractivity (Wildman–Crippen MR) is 135 cm³/mol. The molecule has 3 aromatic heterocycles. The van der Waals surface area contributed by atoms with Gasteiger partial charge in [-0.1, -0.05) is 35.3 Å². The Kier molecular flexibility index (Phi) is 6.42. The lowest BCUT2D eigenvalue weighted by atomic mass is 9.92. The highest BCUT2D eigenvalue weighted by atomic mass is 35.5. The van der Waals surface area contributed by atoms with Gasteiger partial charge in [0.2, 0.25) is 0 Å². The minimum atomic E-state index is -0.459. The van der Waals surface area contributed by atoms with E-state index < -0.39 is 5.91 Å². The minimum Gasteiger partial charge on any atom is -0.351 e. The molecule has 5 aromatic rings. The van der Waals surface area contributed by atoms with Gasteiger partial charge in [-0.05, 0) is 55.3 Å². The topological polar surface area (TPSA) is 101 Å². The van der Waals surface area contributed by atoms with E-state index in [1.807, 2.05) is 13.0 Å². The van der Waals surface area contributed by atoms with Crippen LogP contribution in [0.3, 0.4) is 0 Å². The van der Waals surface area contributed by atoms with Gasteiger partial charge in [-0.3, -0.25) is 4.79 Å². The van der Waals surface area contributed by atoms with Crippen LogP contribution in [0.2, 0.25) is 10.0 Å². The summed E-state index contributed by atoms with van der Waals surface area (Å²) in [5, 5.41) is 7.47. The number of amides is 1. The van der Waals surface area contributed by atoms with E-state index in [0.29, 0.717) is 22.7 Å². The Morgan fingerprint density at radius 1 is 1.11 bits per heavy atom. The molecule has 0 fully saturated rings. The monoisotopic (exact) mass is 523 g/mol. The van der Waals surface area contributed by atoms with E-state index in [-0.39, 0.29) is 33.9 Å². The molecule has 1 unspecified atom stereocenters. The number of fused-ring (bicyclic) bond motifs is 1. The third-order valence-electron chi connectivity index (χ3n) is 5.72. The summed E-state index contributed by atoms with van der Waals surface area (Å²) < 4.78 is 15.6. The van der Waals surface area contributed by atoms with Gasteiger partial charge >= 0.3 is 0 Å². The van der Waals surface area contributed by atoms with Crippen LogP contribution in [0.15, 0.2) is 55.0 Å². The lowest BCUT2D eigenvalue weighted by Crippen LogP contribution is -2.29.